The lowest BCUT2D eigenvalue weighted by Crippen LogP contribution is -2.51. The van der Waals surface area contributed by atoms with Crippen molar-refractivity contribution in [3.63, 3.8) is 0 Å². The highest BCUT2D eigenvalue weighted by atomic mass is 79.9. The molecule has 1 aliphatic heterocycles. The van der Waals surface area contributed by atoms with E-state index in [0.29, 0.717) is 12.0 Å². The molecule has 3 rings (SSSR count). The first-order valence-electron chi connectivity index (χ1n) is 7.10. The van der Waals surface area contributed by atoms with Gasteiger partial charge in [0, 0.05) is 41.6 Å². The van der Waals surface area contributed by atoms with E-state index in [2.05, 4.69) is 38.7 Å². The van der Waals surface area contributed by atoms with Crippen molar-refractivity contribution in [2.45, 2.75) is 31.2 Å². The van der Waals surface area contributed by atoms with Gasteiger partial charge in [-0.1, -0.05) is 15.9 Å². The molecule has 21 heavy (non-hydrogen) atoms. The van der Waals surface area contributed by atoms with Crippen LogP contribution in [0.25, 0.3) is 0 Å². The second kappa shape index (κ2) is 8.59. The zero-order valence-corrected chi connectivity index (χ0v) is 15.4. The summed E-state index contributed by atoms with van der Waals surface area (Å²) in [5, 5.41) is 7.17. The third-order valence-electron chi connectivity index (χ3n) is 4.35. The van der Waals surface area contributed by atoms with Gasteiger partial charge in [-0.15, -0.1) is 24.8 Å². The quantitative estimate of drug-likeness (QED) is 0.803. The Kier molecular flexibility index (Phi) is 7.79. The molecule has 0 spiro atoms. The largest absolute Gasteiger partial charge is 0.496 e. The highest BCUT2D eigenvalue weighted by Gasteiger charge is 2.32. The molecule has 120 valence electrons. The number of halogens is 3. The molecule has 1 aromatic carbocycles. The van der Waals surface area contributed by atoms with Gasteiger partial charge in [0.15, 0.2) is 0 Å². The van der Waals surface area contributed by atoms with E-state index in [9.17, 15) is 0 Å². The summed E-state index contributed by atoms with van der Waals surface area (Å²) in [6.45, 7) is 3.19. The third kappa shape index (κ3) is 3.85. The molecule has 2 atom stereocenters. The second-order valence-corrected chi connectivity index (χ2v) is 6.26. The van der Waals surface area contributed by atoms with Crippen LogP contribution in [0.15, 0.2) is 16.6 Å². The van der Waals surface area contributed by atoms with Crippen LogP contribution in [0.1, 0.15) is 29.9 Å². The van der Waals surface area contributed by atoms with Gasteiger partial charge in [0.1, 0.15) is 5.75 Å². The molecular formula is C15H23BrCl2N2O. The predicted molar refractivity (Wildman–Crippen MR) is 95.5 cm³/mol. The van der Waals surface area contributed by atoms with E-state index >= 15 is 0 Å². The number of hydrogen-bond acceptors (Lipinski definition) is 3. The van der Waals surface area contributed by atoms with Crippen molar-refractivity contribution in [1.29, 1.82) is 0 Å². The van der Waals surface area contributed by atoms with E-state index in [1.54, 1.807) is 7.11 Å². The Balaban J connectivity index is 0.00000110. The van der Waals surface area contributed by atoms with Crippen LogP contribution in [0.3, 0.4) is 0 Å². The van der Waals surface area contributed by atoms with Crippen molar-refractivity contribution < 1.29 is 4.74 Å². The number of methoxy groups -OCH3 is 1. The van der Waals surface area contributed by atoms with Crippen molar-refractivity contribution in [3.05, 3.63) is 27.7 Å². The summed E-state index contributed by atoms with van der Waals surface area (Å²) in [7, 11) is 1.78. The molecule has 1 saturated heterocycles. The lowest BCUT2D eigenvalue weighted by Gasteiger charge is -2.36. The molecule has 0 saturated carbocycles. The van der Waals surface area contributed by atoms with Crippen molar-refractivity contribution in [2.75, 3.05) is 26.7 Å². The molecule has 6 heteroatoms. The molecule has 1 fully saturated rings. The van der Waals surface area contributed by atoms with Gasteiger partial charge in [-0.2, -0.15) is 0 Å². The Morgan fingerprint density at radius 2 is 2.05 bits per heavy atom. The van der Waals surface area contributed by atoms with Crippen LogP contribution < -0.4 is 15.4 Å². The van der Waals surface area contributed by atoms with Crippen LogP contribution in [0.5, 0.6) is 5.75 Å². The molecule has 0 bridgehead atoms. The molecule has 1 aliphatic carbocycles. The van der Waals surface area contributed by atoms with Crippen LogP contribution in [0.2, 0.25) is 0 Å². The summed E-state index contributed by atoms with van der Waals surface area (Å²) < 4.78 is 6.85. The Labute approximate surface area is 147 Å². The van der Waals surface area contributed by atoms with Gasteiger partial charge in [-0.05, 0) is 37.0 Å². The lowest BCUT2D eigenvalue weighted by atomic mass is 9.77. The molecular weight excluding hydrogens is 375 g/mol. The standard InChI is InChI=1S/C15H21BrN2O.2ClH/c1-19-14-6-5-12(16)10-3-2-4-11(15(10)14)13-9-17-7-8-18-13;;/h5-6,11,13,17-18H,2-4,7-9H2,1H3;2*1H. The first kappa shape index (κ1) is 19.0. The Hall–Kier alpha value is -0.000000000000000222. The van der Waals surface area contributed by atoms with Gasteiger partial charge in [-0.3, -0.25) is 0 Å². The zero-order valence-electron chi connectivity index (χ0n) is 12.2. The lowest BCUT2D eigenvalue weighted by molar-refractivity contribution is 0.328. The van der Waals surface area contributed by atoms with Crippen LogP contribution >= 0.6 is 40.7 Å². The molecule has 1 heterocycles. The average molecular weight is 398 g/mol. The molecule has 2 N–H and O–H groups in total. The summed E-state index contributed by atoms with van der Waals surface area (Å²) in [6.07, 6.45) is 3.67. The zero-order chi connectivity index (χ0) is 13.2. The number of nitrogens with one attached hydrogen (secondary N) is 2. The van der Waals surface area contributed by atoms with Gasteiger partial charge in [0.2, 0.25) is 0 Å². The fourth-order valence-electron chi connectivity index (χ4n) is 3.46. The van der Waals surface area contributed by atoms with Crippen LogP contribution in [0.4, 0.5) is 0 Å². The Morgan fingerprint density at radius 3 is 2.71 bits per heavy atom. The summed E-state index contributed by atoms with van der Waals surface area (Å²) >= 11 is 3.71. The molecule has 2 unspecified atom stereocenters. The van der Waals surface area contributed by atoms with Crippen LogP contribution in [-0.4, -0.2) is 32.8 Å². The van der Waals surface area contributed by atoms with E-state index in [4.69, 9.17) is 4.74 Å². The summed E-state index contributed by atoms with van der Waals surface area (Å²) in [6, 6.07) is 4.74. The van der Waals surface area contributed by atoms with Gasteiger partial charge < -0.3 is 15.4 Å². The highest BCUT2D eigenvalue weighted by Crippen LogP contribution is 2.42. The van der Waals surface area contributed by atoms with Gasteiger partial charge in [0.25, 0.3) is 0 Å². The van der Waals surface area contributed by atoms with Crippen LogP contribution in [-0.2, 0) is 6.42 Å². The highest BCUT2D eigenvalue weighted by molar-refractivity contribution is 9.10. The smallest absolute Gasteiger partial charge is 0.122 e. The van der Waals surface area contributed by atoms with E-state index in [-0.39, 0.29) is 24.8 Å². The van der Waals surface area contributed by atoms with Gasteiger partial charge in [0.05, 0.1) is 7.11 Å². The number of hydrogen-bond donors (Lipinski definition) is 2. The topological polar surface area (TPSA) is 33.3 Å². The van der Waals surface area contributed by atoms with E-state index in [1.165, 1.54) is 28.4 Å². The molecule has 3 nitrogen and oxygen atoms in total. The van der Waals surface area contributed by atoms with Crippen molar-refractivity contribution >= 4 is 40.7 Å². The summed E-state index contributed by atoms with van der Waals surface area (Å²) in [5.41, 5.74) is 2.87. The molecule has 2 aliphatic rings. The van der Waals surface area contributed by atoms with Crippen LogP contribution in [0, 0.1) is 0 Å². The SMILES string of the molecule is COc1ccc(Br)c2c1C(C1CNCCN1)CCC2.Cl.Cl. The molecule has 0 radical (unpaired) electrons. The number of fused-ring (bicyclic) bond motifs is 1. The molecule has 0 aromatic heterocycles. The first-order chi connectivity index (χ1) is 9.31. The first-order valence-corrected chi connectivity index (χ1v) is 7.90. The maximum absolute atomic E-state index is 5.62. The third-order valence-corrected chi connectivity index (χ3v) is 5.09. The van der Waals surface area contributed by atoms with E-state index in [1.807, 2.05) is 0 Å². The Bertz CT molecular complexity index is 467. The molecule has 1 aromatic rings. The second-order valence-electron chi connectivity index (χ2n) is 5.41. The van der Waals surface area contributed by atoms with Crippen molar-refractivity contribution in [3.8, 4) is 5.75 Å². The minimum Gasteiger partial charge on any atom is -0.496 e. The monoisotopic (exact) mass is 396 g/mol. The average Bonchev–Trinajstić information content (AvgIpc) is 2.48. The van der Waals surface area contributed by atoms with Crippen molar-refractivity contribution in [2.24, 2.45) is 0 Å². The summed E-state index contributed by atoms with van der Waals surface area (Å²) in [4.78, 5) is 0. The van der Waals surface area contributed by atoms with Crippen molar-refractivity contribution in [1.82, 2.24) is 10.6 Å². The van der Waals surface area contributed by atoms with E-state index < -0.39 is 0 Å². The molecule has 0 amide bonds. The maximum atomic E-state index is 5.62. The summed E-state index contributed by atoms with van der Waals surface area (Å²) in [5.74, 6) is 1.61. The number of ether oxygens (including phenoxy) is 1. The van der Waals surface area contributed by atoms with E-state index in [0.717, 1.165) is 31.8 Å². The normalized spacial score (nSPS) is 24.3. The van der Waals surface area contributed by atoms with Gasteiger partial charge in [-0.25, -0.2) is 0 Å². The Morgan fingerprint density at radius 1 is 1.24 bits per heavy atom. The predicted octanol–water partition coefficient (Wildman–Crippen LogP) is 3.28. The minimum absolute atomic E-state index is 0. The fraction of sp³-hybridized carbons (Fsp3) is 0.600. The number of benzene rings is 1. The maximum Gasteiger partial charge on any atom is 0.122 e. The number of piperazine rings is 1. The fourth-order valence-corrected chi connectivity index (χ4v) is 4.00. The van der Waals surface area contributed by atoms with Gasteiger partial charge >= 0.3 is 0 Å². The minimum atomic E-state index is 0. The number of rotatable bonds is 2.